The predicted octanol–water partition coefficient (Wildman–Crippen LogP) is 5.87. The summed E-state index contributed by atoms with van der Waals surface area (Å²) in [6.07, 6.45) is 9.06. The van der Waals surface area contributed by atoms with Crippen LogP contribution in [0, 0.1) is 17.8 Å². The fraction of sp³-hybridized carbons (Fsp3) is 0.593. The van der Waals surface area contributed by atoms with Gasteiger partial charge in [-0.25, -0.2) is 0 Å². The summed E-state index contributed by atoms with van der Waals surface area (Å²) in [7, 11) is 0. The monoisotopic (exact) mass is 421 g/mol. The maximum atomic E-state index is 11.6. The van der Waals surface area contributed by atoms with Crippen LogP contribution in [-0.4, -0.2) is 34.7 Å². The van der Waals surface area contributed by atoms with E-state index in [1.807, 2.05) is 0 Å². The van der Waals surface area contributed by atoms with E-state index in [1.165, 1.54) is 29.2 Å². The fourth-order valence-electron chi connectivity index (χ4n) is 6.11. The summed E-state index contributed by atoms with van der Waals surface area (Å²) >= 11 is 0. The second-order valence-corrected chi connectivity index (χ2v) is 10.3. The molecule has 3 atom stereocenters. The Morgan fingerprint density at radius 3 is 2.71 bits per heavy atom. The highest BCUT2D eigenvalue weighted by atomic mass is 16.5. The molecule has 2 aromatic carbocycles. The molecule has 2 saturated carbocycles. The van der Waals surface area contributed by atoms with Gasteiger partial charge >= 0.3 is 5.97 Å². The van der Waals surface area contributed by atoms with Gasteiger partial charge in [-0.05, 0) is 86.3 Å². The van der Waals surface area contributed by atoms with Crippen LogP contribution in [0.25, 0.3) is 10.8 Å². The summed E-state index contributed by atoms with van der Waals surface area (Å²) in [5.41, 5.74) is 1.31. The van der Waals surface area contributed by atoms with Crippen molar-refractivity contribution in [3.05, 3.63) is 42.0 Å². The third-order valence-electron chi connectivity index (χ3n) is 7.99. The molecule has 3 fully saturated rings. The highest BCUT2D eigenvalue weighted by Crippen LogP contribution is 2.38. The minimum absolute atomic E-state index is 0.170. The zero-order valence-corrected chi connectivity index (χ0v) is 18.6. The maximum absolute atomic E-state index is 11.6. The van der Waals surface area contributed by atoms with Gasteiger partial charge in [0, 0.05) is 24.5 Å². The predicted molar refractivity (Wildman–Crippen MR) is 123 cm³/mol. The zero-order chi connectivity index (χ0) is 21.4. The van der Waals surface area contributed by atoms with Crippen molar-refractivity contribution in [2.75, 3.05) is 6.54 Å². The van der Waals surface area contributed by atoms with Gasteiger partial charge < -0.3 is 9.84 Å². The number of likely N-dealkylation sites (tertiary alicyclic amines) is 1. The van der Waals surface area contributed by atoms with Crippen molar-refractivity contribution in [3.63, 3.8) is 0 Å². The highest BCUT2D eigenvalue weighted by molar-refractivity contribution is 5.88. The van der Waals surface area contributed by atoms with Crippen molar-refractivity contribution in [2.24, 2.45) is 17.8 Å². The molecule has 1 saturated heterocycles. The molecule has 2 bridgehead atoms. The number of rotatable bonds is 5. The number of hydrogen-bond acceptors (Lipinski definition) is 3. The zero-order valence-electron chi connectivity index (χ0n) is 18.6. The van der Waals surface area contributed by atoms with Crippen LogP contribution >= 0.6 is 0 Å². The van der Waals surface area contributed by atoms with Crippen LogP contribution < -0.4 is 4.74 Å². The van der Waals surface area contributed by atoms with Gasteiger partial charge in [0.15, 0.2) is 0 Å². The van der Waals surface area contributed by atoms with Gasteiger partial charge in [0.1, 0.15) is 5.75 Å². The summed E-state index contributed by atoms with van der Waals surface area (Å²) in [6, 6.07) is 13.6. The second kappa shape index (κ2) is 8.82. The number of benzene rings is 2. The lowest BCUT2D eigenvalue weighted by Gasteiger charge is -2.28. The van der Waals surface area contributed by atoms with Crippen molar-refractivity contribution in [1.29, 1.82) is 0 Å². The molecule has 4 heteroatoms. The summed E-state index contributed by atoms with van der Waals surface area (Å²) < 4.78 is 6.43. The molecule has 3 unspecified atom stereocenters. The van der Waals surface area contributed by atoms with Crippen LogP contribution in [0.15, 0.2) is 36.4 Å². The number of ether oxygens (including phenoxy) is 1. The van der Waals surface area contributed by atoms with E-state index >= 15 is 0 Å². The van der Waals surface area contributed by atoms with Gasteiger partial charge in [-0.3, -0.25) is 9.69 Å². The number of nitrogens with zero attached hydrogens (tertiary/aromatic N) is 1. The molecule has 1 aliphatic heterocycles. The third kappa shape index (κ3) is 4.59. The van der Waals surface area contributed by atoms with Crippen molar-refractivity contribution in [1.82, 2.24) is 4.90 Å². The van der Waals surface area contributed by atoms with Crippen molar-refractivity contribution >= 4 is 16.7 Å². The van der Waals surface area contributed by atoms with Crippen molar-refractivity contribution in [3.8, 4) is 5.75 Å². The molecule has 31 heavy (non-hydrogen) atoms. The smallest absolute Gasteiger partial charge is 0.306 e. The lowest BCUT2D eigenvalue weighted by Crippen LogP contribution is -2.33. The largest absolute Gasteiger partial charge is 0.490 e. The Labute approximate surface area is 185 Å². The van der Waals surface area contributed by atoms with Gasteiger partial charge in [0.05, 0.1) is 12.0 Å². The number of carboxylic acids is 1. The van der Waals surface area contributed by atoms with Crippen LogP contribution in [0.5, 0.6) is 5.75 Å². The number of hydrogen-bond donors (Lipinski definition) is 1. The number of carboxylic acid groups (broad SMARTS) is 1. The van der Waals surface area contributed by atoms with Gasteiger partial charge in [-0.15, -0.1) is 0 Å². The Kier molecular flexibility index (Phi) is 5.92. The first-order valence-electron chi connectivity index (χ1n) is 12.2. The summed E-state index contributed by atoms with van der Waals surface area (Å²) in [4.78, 5) is 14.1. The molecule has 0 radical (unpaired) electrons. The molecule has 2 aromatic rings. The molecule has 0 spiro atoms. The molecule has 4 nitrogen and oxygen atoms in total. The van der Waals surface area contributed by atoms with Gasteiger partial charge in [-0.2, -0.15) is 0 Å². The van der Waals surface area contributed by atoms with E-state index in [1.54, 1.807) is 0 Å². The lowest BCUT2D eigenvalue weighted by molar-refractivity contribution is -0.142. The molecular formula is C27H35NO3. The lowest BCUT2D eigenvalue weighted by atomic mass is 9.89. The van der Waals surface area contributed by atoms with Crippen LogP contribution in [-0.2, 0) is 11.3 Å². The molecule has 1 N–H and O–H groups in total. The number of aliphatic carboxylic acids is 1. The van der Waals surface area contributed by atoms with Crippen molar-refractivity contribution in [2.45, 2.75) is 77.0 Å². The topological polar surface area (TPSA) is 49.8 Å². The van der Waals surface area contributed by atoms with E-state index in [0.29, 0.717) is 18.1 Å². The Hall–Kier alpha value is -2.07. The van der Waals surface area contributed by atoms with E-state index < -0.39 is 5.97 Å². The van der Waals surface area contributed by atoms with Gasteiger partial charge in [0.25, 0.3) is 0 Å². The first-order chi connectivity index (χ1) is 15.0. The van der Waals surface area contributed by atoms with E-state index in [2.05, 4.69) is 48.2 Å². The first kappa shape index (κ1) is 20.8. The van der Waals surface area contributed by atoms with E-state index in [0.717, 1.165) is 63.3 Å². The third-order valence-corrected chi connectivity index (χ3v) is 7.99. The Bertz CT molecular complexity index is 933. The molecule has 0 amide bonds. The minimum Gasteiger partial charge on any atom is -0.490 e. The molecule has 5 rings (SSSR count). The summed E-state index contributed by atoms with van der Waals surface area (Å²) in [5, 5.41) is 12.0. The number of carbonyl (C=O) groups is 1. The Morgan fingerprint density at radius 1 is 1.06 bits per heavy atom. The molecule has 1 heterocycles. The average Bonchev–Trinajstić information content (AvgIpc) is 2.99. The van der Waals surface area contributed by atoms with E-state index in [4.69, 9.17) is 4.74 Å². The second-order valence-electron chi connectivity index (χ2n) is 10.3. The number of fused-ring (bicyclic) bond motifs is 3. The molecule has 166 valence electrons. The van der Waals surface area contributed by atoms with Crippen LogP contribution in [0.4, 0.5) is 0 Å². The van der Waals surface area contributed by atoms with Crippen LogP contribution in [0.2, 0.25) is 0 Å². The Balaban J connectivity index is 1.30. The SMILES string of the molecule is CC1CCC(Oc2cccc3cc(CN4CC5CCC(C(=O)O)CC4C5)ccc23)CC1. The molecule has 0 aromatic heterocycles. The van der Waals surface area contributed by atoms with Gasteiger partial charge in [0.2, 0.25) is 0 Å². The standard InChI is InChI=1S/C27H35NO3/c1-18-5-10-24(11-6-18)31-26-4-2-3-21-13-19(8-12-25(21)26)16-28-17-20-7-9-22(27(29)30)15-23(28)14-20/h2-4,8,12-13,18,20,22-24H,5-7,9-11,14-17H2,1H3,(H,29,30). The molecular weight excluding hydrogens is 386 g/mol. The Morgan fingerprint density at radius 2 is 1.90 bits per heavy atom. The summed E-state index contributed by atoms with van der Waals surface area (Å²) in [5.74, 6) is 1.72. The van der Waals surface area contributed by atoms with Crippen LogP contribution in [0.1, 0.15) is 63.9 Å². The average molecular weight is 422 g/mol. The van der Waals surface area contributed by atoms with E-state index in [9.17, 15) is 9.90 Å². The molecule has 2 aliphatic carbocycles. The van der Waals surface area contributed by atoms with Gasteiger partial charge in [-0.1, -0.05) is 31.2 Å². The van der Waals surface area contributed by atoms with Crippen molar-refractivity contribution < 1.29 is 14.6 Å². The summed E-state index contributed by atoms with van der Waals surface area (Å²) in [6.45, 7) is 4.36. The molecule has 3 aliphatic rings. The van der Waals surface area contributed by atoms with Crippen LogP contribution in [0.3, 0.4) is 0 Å². The highest BCUT2D eigenvalue weighted by Gasteiger charge is 2.38. The quantitative estimate of drug-likeness (QED) is 0.656. The minimum atomic E-state index is -0.613. The van der Waals surface area contributed by atoms with E-state index in [-0.39, 0.29) is 5.92 Å². The normalized spacial score (nSPS) is 31.5. The fourth-order valence-corrected chi connectivity index (χ4v) is 6.11. The maximum Gasteiger partial charge on any atom is 0.306 e. The first-order valence-corrected chi connectivity index (χ1v) is 12.2.